The zero-order valence-electron chi connectivity index (χ0n) is 9.89. The van der Waals surface area contributed by atoms with Gasteiger partial charge < -0.3 is 14.5 Å². The number of ether oxygens (including phenoxy) is 1. The first-order valence-electron chi connectivity index (χ1n) is 5.37. The molecule has 98 valence electrons. The predicted octanol–water partition coefficient (Wildman–Crippen LogP) is 0.559. The molecule has 18 heavy (non-hydrogen) atoms. The van der Waals surface area contributed by atoms with E-state index in [1.807, 2.05) is 5.32 Å². The molecule has 3 amide bonds. The van der Waals surface area contributed by atoms with Crippen molar-refractivity contribution in [1.82, 2.24) is 10.6 Å². The van der Waals surface area contributed by atoms with E-state index >= 15 is 0 Å². The van der Waals surface area contributed by atoms with Crippen molar-refractivity contribution >= 4 is 17.9 Å². The minimum atomic E-state index is -0.686. The summed E-state index contributed by atoms with van der Waals surface area (Å²) >= 11 is 0. The lowest BCUT2D eigenvalue weighted by Gasteiger charge is -2.05. The Balaban J connectivity index is 2.19. The Labute approximate surface area is 103 Å². The van der Waals surface area contributed by atoms with E-state index < -0.39 is 24.5 Å². The highest BCUT2D eigenvalue weighted by atomic mass is 16.5. The van der Waals surface area contributed by atoms with E-state index in [-0.39, 0.29) is 13.0 Å². The Kier molecular flexibility index (Phi) is 5.43. The summed E-state index contributed by atoms with van der Waals surface area (Å²) in [6.07, 6.45) is 1.66. The van der Waals surface area contributed by atoms with Gasteiger partial charge in [0.05, 0.1) is 12.8 Å². The highest BCUT2D eigenvalue weighted by molar-refractivity contribution is 5.95. The lowest BCUT2D eigenvalue weighted by Crippen LogP contribution is -2.41. The van der Waals surface area contributed by atoms with Gasteiger partial charge in [0, 0.05) is 6.42 Å². The number of esters is 1. The molecule has 0 bridgehead atoms. The molecule has 1 rings (SSSR count). The van der Waals surface area contributed by atoms with Crippen LogP contribution >= 0.6 is 0 Å². The number of hydrogen-bond acceptors (Lipinski definition) is 5. The van der Waals surface area contributed by atoms with Crippen LogP contribution in [0.5, 0.6) is 0 Å². The molecule has 0 aliphatic heterocycles. The predicted molar refractivity (Wildman–Crippen MR) is 60.3 cm³/mol. The molecule has 0 saturated carbocycles. The Morgan fingerprint density at radius 1 is 1.39 bits per heavy atom. The summed E-state index contributed by atoms with van der Waals surface area (Å²) in [6, 6.07) is 2.69. The van der Waals surface area contributed by atoms with Gasteiger partial charge in [0.25, 0.3) is 5.91 Å². The average Bonchev–Trinajstić information content (AvgIpc) is 2.86. The van der Waals surface area contributed by atoms with Crippen molar-refractivity contribution in [2.45, 2.75) is 19.9 Å². The average molecular weight is 254 g/mol. The van der Waals surface area contributed by atoms with Crippen LogP contribution in [0.15, 0.2) is 22.8 Å². The van der Waals surface area contributed by atoms with Crippen molar-refractivity contribution in [3.63, 3.8) is 0 Å². The molecule has 0 unspecified atom stereocenters. The van der Waals surface area contributed by atoms with Gasteiger partial charge in [-0.05, 0) is 12.1 Å². The first kappa shape index (κ1) is 13.8. The molecule has 0 fully saturated rings. The summed E-state index contributed by atoms with van der Waals surface area (Å²) in [6.45, 7) is 1.30. The number of nitrogens with one attached hydrogen (secondary N) is 2. The fourth-order valence-electron chi connectivity index (χ4n) is 1.04. The minimum Gasteiger partial charge on any atom is -0.467 e. The van der Waals surface area contributed by atoms with Gasteiger partial charge in [0.1, 0.15) is 5.76 Å². The third-order valence-corrected chi connectivity index (χ3v) is 1.91. The molecule has 0 radical (unpaired) electrons. The number of urea groups is 1. The van der Waals surface area contributed by atoms with Gasteiger partial charge in [-0.1, -0.05) is 6.92 Å². The molecule has 1 aromatic heterocycles. The third kappa shape index (κ3) is 5.15. The van der Waals surface area contributed by atoms with E-state index in [0.29, 0.717) is 5.76 Å². The SMILES string of the molecule is CCC(=O)OCC(=O)NC(=O)NCc1ccco1. The van der Waals surface area contributed by atoms with E-state index in [9.17, 15) is 14.4 Å². The van der Waals surface area contributed by atoms with Gasteiger partial charge in [-0.15, -0.1) is 0 Å². The largest absolute Gasteiger partial charge is 0.467 e. The molecule has 0 aliphatic carbocycles. The van der Waals surface area contributed by atoms with Gasteiger partial charge in [-0.25, -0.2) is 4.79 Å². The normalized spacial score (nSPS) is 9.61. The summed E-state index contributed by atoms with van der Waals surface area (Å²) in [4.78, 5) is 33.2. The number of imide groups is 1. The van der Waals surface area contributed by atoms with E-state index in [1.54, 1.807) is 19.1 Å². The molecule has 0 atom stereocenters. The van der Waals surface area contributed by atoms with E-state index in [4.69, 9.17) is 4.42 Å². The number of amides is 3. The fourth-order valence-corrected chi connectivity index (χ4v) is 1.04. The first-order chi connectivity index (χ1) is 8.61. The monoisotopic (exact) mass is 254 g/mol. The van der Waals surface area contributed by atoms with E-state index in [2.05, 4.69) is 10.1 Å². The van der Waals surface area contributed by atoms with Crippen LogP contribution in [0, 0.1) is 0 Å². The molecule has 0 aromatic carbocycles. The highest BCUT2D eigenvalue weighted by Gasteiger charge is 2.09. The van der Waals surface area contributed by atoms with Crippen molar-refractivity contribution in [3.8, 4) is 0 Å². The number of carbonyl (C=O) groups is 3. The smallest absolute Gasteiger partial charge is 0.321 e. The van der Waals surface area contributed by atoms with E-state index in [1.165, 1.54) is 6.26 Å². The second kappa shape index (κ2) is 7.10. The van der Waals surface area contributed by atoms with Gasteiger partial charge in [0.2, 0.25) is 0 Å². The van der Waals surface area contributed by atoms with Gasteiger partial charge in [-0.3, -0.25) is 14.9 Å². The van der Waals surface area contributed by atoms with Crippen LogP contribution in [-0.4, -0.2) is 24.5 Å². The molecule has 1 heterocycles. The maximum atomic E-state index is 11.2. The Morgan fingerprint density at radius 2 is 2.17 bits per heavy atom. The minimum absolute atomic E-state index is 0.168. The number of furan rings is 1. The Morgan fingerprint density at radius 3 is 2.78 bits per heavy atom. The molecule has 2 N–H and O–H groups in total. The Bertz CT molecular complexity index is 413. The topological polar surface area (TPSA) is 97.6 Å². The second-order valence-electron chi connectivity index (χ2n) is 3.32. The number of carbonyl (C=O) groups excluding carboxylic acids is 3. The summed E-state index contributed by atoms with van der Waals surface area (Å²) < 4.78 is 9.54. The quantitative estimate of drug-likeness (QED) is 0.748. The first-order valence-corrected chi connectivity index (χ1v) is 5.37. The van der Waals surface area contributed by atoms with Crippen LogP contribution in [0.4, 0.5) is 4.79 Å². The second-order valence-corrected chi connectivity index (χ2v) is 3.32. The molecule has 0 saturated heterocycles. The summed E-state index contributed by atoms with van der Waals surface area (Å²) in [7, 11) is 0. The zero-order valence-corrected chi connectivity index (χ0v) is 9.89. The van der Waals surface area contributed by atoms with Crippen molar-refractivity contribution < 1.29 is 23.5 Å². The summed E-state index contributed by atoms with van der Waals surface area (Å²) in [5.74, 6) is -0.620. The van der Waals surface area contributed by atoms with E-state index in [0.717, 1.165) is 0 Å². The van der Waals surface area contributed by atoms with Crippen LogP contribution in [0.1, 0.15) is 19.1 Å². The van der Waals surface area contributed by atoms with Crippen LogP contribution in [0.2, 0.25) is 0 Å². The standard InChI is InChI=1S/C11H14N2O5/c1-2-10(15)18-7-9(14)13-11(16)12-6-8-4-3-5-17-8/h3-5H,2,6-7H2,1H3,(H2,12,13,14,16). The molecule has 7 nitrogen and oxygen atoms in total. The van der Waals surface area contributed by atoms with Crippen LogP contribution in [0.25, 0.3) is 0 Å². The number of hydrogen-bond donors (Lipinski definition) is 2. The molecule has 0 spiro atoms. The lowest BCUT2D eigenvalue weighted by atomic mass is 10.4. The Hall–Kier alpha value is -2.31. The van der Waals surface area contributed by atoms with Crippen LogP contribution in [0.3, 0.4) is 0 Å². The molecular formula is C11H14N2O5. The maximum absolute atomic E-state index is 11.2. The van der Waals surface area contributed by atoms with Gasteiger partial charge >= 0.3 is 12.0 Å². The van der Waals surface area contributed by atoms with Crippen LogP contribution < -0.4 is 10.6 Å². The molecule has 1 aromatic rings. The lowest BCUT2D eigenvalue weighted by molar-refractivity contribution is -0.147. The maximum Gasteiger partial charge on any atom is 0.321 e. The number of rotatable bonds is 5. The highest BCUT2D eigenvalue weighted by Crippen LogP contribution is 1.97. The summed E-state index contributed by atoms with van der Waals surface area (Å²) in [5.41, 5.74) is 0. The van der Waals surface area contributed by atoms with Gasteiger partial charge in [0.15, 0.2) is 6.61 Å². The molecule has 0 aliphatic rings. The zero-order chi connectivity index (χ0) is 13.4. The molecular weight excluding hydrogens is 240 g/mol. The van der Waals surface area contributed by atoms with Crippen molar-refractivity contribution in [3.05, 3.63) is 24.2 Å². The fraction of sp³-hybridized carbons (Fsp3) is 0.364. The van der Waals surface area contributed by atoms with Gasteiger partial charge in [-0.2, -0.15) is 0 Å². The molecule has 7 heteroatoms. The van der Waals surface area contributed by atoms with Crippen molar-refractivity contribution in [1.29, 1.82) is 0 Å². The van der Waals surface area contributed by atoms with Crippen molar-refractivity contribution in [2.75, 3.05) is 6.61 Å². The van der Waals surface area contributed by atoms with Crippen LogP contribution in [-0.2, 0) is 20.9 Å². The van der Waals surface area contributed by atoms with Crippen molar-refractivity contribution in [2.24, 2.45) is 0 Å². The third-order valence-electron chi connectivity index (χ3n) is 1.91. The summed E-state index contributed by atoms with van der Waals surface area (Å²) in [5, 5.41) is 4.43.